The lowest BCUT2D eigenvalue weighted by molar-refractivity contribution is -0.115. The minimum absolute atomic E-state index is 0.0950. The quantitative estimate of drug-likeness (QED) is 0.851. The van der Waals surface area contributed by atoms with E-state index in [1.54, 1.807) is 0 Å². The van der Waals surface area contributed by atoms with Crippen LogP contribution < -0.4 is 5.32 Å². The van der Waals surface area contributed by atoms with Gasteiger partial charge >= 0.3 is 0 Å². The van der Waals surface area contributed by atoms with E-state index in [4.69, 9.17) is 12.2 Å². The van der Waals surface area contributed by atoms with E-state index in [2.05, 4.69) is 15.5 Å². The lowest BCUT2D eigenvalue weighted by Crippen LogP contribution is -2.18. The van der Waals surface area contributed by atoms with Crippen molar-refractivity contribution in [3.05, 3.63) is 39.9 Å². The molecule has 2 rings (SSSR count). The van der Waals surface area contributed by atoms with Crippen molar-refractivity contribution in [1.82, 2.24) is 14.8 Å². The van der Waals surface area contributed by atoms with Crippen molar-refractivity contribution in [1.29, 1.82) is 0 Å². The molecule has 0 atom stereocenters. The summed E-state index contributed by atoms with van der Waals surface area (Å²) in [7, 11) is 0. The standard InChI is InChI=1S/C14H18N4OS/c1-4-18-12(16-17-14(18)20)8-13(19)15-11-7-9(2)5-6-10(11)3/h5-7H,4,8H2,1-3H3,(H,15,19)(H,17,20). The fourth-order valence-electron chi connectivity index (χ4n) is 2.02. The van der Waals surface area contributed by atoms with Crippen LogP contribution in [0.3, 0.4) is 0 Å². The van der Waals surface area contributed by atoms with Gasteiger partial charge in [-0.05, 0) is 50.2 Å². The van der Waals surface area contributed by atoms with Gasteiger partial charge in [0.25, 0.3) is 0 Å². The van der Waals surface area contributed by atoms with Gasteiger partial charge in [0.15, 0.2) is 4.77 Å². The Balaban J connectivity index is 2.13. The van der Waals surface area contributed by atoms with Crippen LogP contribution in [0.5, 0.6) is 0 Å². The number of hydrogen-bond acceptors (Lipinski definition) is 3. The lowest BCUT2D eigenvalue weighted by Gasteiger charge is -2.09. The number of aromatic nitrogens is 3. The SMILES string of the molecule is CCn1c(CC(=O)Nc2cc(C)ccc2C)n[nH]c1=S. The number of aryl methyl sites for hydroxylation is 2. The average Bonchev–Trinajstić information content (AvgIpc) is 2.74. The van der Waals surface area contributed by atoms with Crippen LogP contribution in [0.25, 0.3) is 0 Å². The first-order valence-corrected chi connectivity index (χ1v) is 6.93. The van der Waals surface area contributed by atoms with E-state index in [1.165, 1.54) is 0 Å². The summed E-state index contributed by atoms with van der Waals surface area (Å²) in [6.07, 6.45) is 0.203. The predicted octanol–water partition coefficient (Wildman–Crippen LogP) is 2.76. The van der Waals surface area contributed by atoms with Crippen molar-refractivity contribution in [2.45, 2.75) is 33.7 Å². The van der Waals surface area contributed by atoms with Crippen molar-refractivity contribution in [3.63, 3.8) is 0 Å². The Morgan fingerprint density at radius 2 is 2.20 bits per heavy atom. The minimum atomic E-state index is -0.0950. The number of aromatic amines is 1. The predicted molar refractivity (Wildman–Crippen MR) is 81.3 cm³/mol. The van der Waals surface area contributed by atoms with Crippen molar-refractivity contribution < 1.29 is 4.79 Å². The van der Waals surface area contributed by atoms with Crippen LogP contribution in [-0.4, -0.2) is 20.7 Å². The summed E-state index contributed by atoms with van der Waals surface area (Å²) in [5.41, 5.74) is 2.99. The van der Waals surface area contributed by atoms with Crippen molar-refractivity contribution >= 4 is 23.8 Å². The summed E-state index contributed by atoms with van der Waals surface area (Å²) in [6.45, 7) is 6.63. The summed E-state index contributed by atoms with van der Waals surface area (Å²) in [5.74, 6) is 0.558. The zero-order valence-electron chi connectivity index (χ0n) is 11.9. The molecule has 0 saturated carbocycles. The van der Waals surface area contributed by atoms with Crippen LogP contribution in [0.4, 0.5) is 5.69 Å². The number of anilines is 1. The van der Waals surface area contributed by atoms with Gasteiger partial charge in [0, 0.05) is 12.2 Å². The van der Waals surface area contributed by atoms with Gasteiger partial charge < -0.3 is 9.88 Å². The fraction of sp³-hybridized carbons (Fsp3) is 0.357. The number of carbonyl (C=O) groups excluding carboxylic acids is 1. The maximum absolute atomic E-state index is 12.1. The molecule has 6 heteroatoms. The van der Waals surface area contributed by atoms with E-state index in [0.717, 1.165) is 16.8 Å². The molecule has 0 radical (unpaired) electrons. The van der Waals surface area contributed by atoms with E-state index >= 15 is 0 Å². The second kappa shape index (κ2) is 6.00. The molecular formula is C14H18N4OS. The first kappa shape index (κ1) is 14.5. The number of nitrogens with one attached hydrogen (secondary N) is 2. The number of benzene rings is 1. The van der Waals surface area contributed by atoms with Crippen LogP contribution in [-0.2, 0) is 17.8 Å². The van der Waals surface area contributed by atoms with E-state index < -0.39 is 0 Å². The number of hydrogen-bond donors (Lipinski definition) is 2. The van der Waals surface area contributed by atoms with Gasteiger partial charge in [-0.2, -0.15) is 5.10 Å². The maximum atomic E-state index is 12.1. The highest BCUT2D eigenvalue weighted by atomic mass is 32.1. The molecule has 1 aromatic heterocycles. The molecule has 0 aliphatic heterocycles. The molecule has 2 aromatic rings. The minimum Gasteiger partial charge on any atom is -0.325 e. The third kappa shape index (κ3) is 3.14. The molecule has 1 amide bonds. The van der Waals surface area contributed by atoms with Crippen LogP contribution in [0, 0.1) is 18.6 Å². The zero-order chi connectivity index (χ0) is 14.7. The Kier molecular flexibility index (Phi) is 4.34. The number of amides is 1. The molecule has 106 valence electrons. The molecule has 20 heavy (non-hydrogen) atoms. The first-order chi connectivity index (χ1) is 9.51. The molecule has 1 aromatic carbocycles. The van der Waals surface area contributed by atoms with Gasteiger partial charge in [0.2, 0.25) is 5.91 Å². The molecule has 0 saturated heterocycles. The maximum Gasteiger partial charge on any atom is 0.232 e. The molecule has 0 aliphatic carbocycles. The molecule has 0 spiro atoms. The number of nitrogens with zero attached hydrogens (tertiary/aromatic N) is 2. The number of carbonyl (C=O) groups is 1. The third-order valence-corrected chi connectivity index (χ3v) is 3.45. The summed E-state index contributed by atoms with van der Waals surface area (Å²) in [5, 5.41) is 9.73. The van der Waals surface area contributed by atoms with Crippen molar-refractivity contribution in [2.24, 2.45) is 0 Å². The van der Waals surface area contributed by atoms with Crippen molar-refractivity contribution in [3.8, 4) is 0 Å². The van der Waals surface area contributed by atoms with Crippen molar-refractivity contribution in [2.75, 3.05) is 5.32 Å². The molecule has 5 nitrogen and oxygen atoms in total. The number of H-pyrrole nitrogens is 1. The summed E-state index contributed by atoms with van der Waals surface area (Å²) in [6, 6.07) is 5.98. The smallest absolute Gasteiger partial charge is 0.232 e. The van der Waals surface area contributed by atoms with Gasteiger partial charge in [-0.25, -0.2) is 0 Å². The number of rotatable bonds is 4. The zero-order valence-corrected chi connectivity index (χ0v) is 12.7. The normalized spacial score (nSPS) is 10.6. The van der Waals surface area contributed by atoms with E-state index in [-0.39, 0.29) is 12.3 Å². The van der Waals surface area contributed by atoms with Crippen LogP contribution >= 0.6 is 12.2 Å². The van der Waals surface area contributed by atoms with Gasteiger partial charge in [-0.3, -0.25) is 9.89 Å². The highest BCUT2D eigenvalue weighted by molar-refractivity contribution is 7.71. The fourth-order valence-corrected chi connectivity index (χ4v) is 2.30. The monoisotopic (exact) mass is 290 g/mol. The largest absolute Gasteiger partial charge is 0.325 e. The molecule has 2 N–H and O–H groups in total. The van der Waals surface area contributed by atoms with Crippen LogP contribution in [0.15, 0.2) is 18.2 Å². The van der Waals surface area contributed by atoms with Crippen LogP contribution in [0.2, 0.25) is 0 Å². The second-order valence-corrected chi connectivity index (χ2v) is 5.12. The second-order valence-electron chi connectivity index (χ2n) is 4.73. The van der Waals surface area contributed by atoms with Gasteiger partial charge in [-0.15, -0.1) is 0 Å². The average molecular weight is 290 g/mol. The molecule has 0 aliphatic rings. The molecule has 0 fully saturated rings. The third-order valence-electron chi connectivity index (χ3n) is 3.14. The Hall–Kier alpha value is -1.95. The van der Waals surface area contributed by atoms with Gasteiger partial charge in [-0.1, -0.05) is 12.1 Å². The van der Waals surface area contributed by atoms with E-state index in [0.29, 0.717) is 17.1 Å². The Labute approximate surface area is 123 Å². The van der Waals surface area contributed by atoms with Gasteiger partial charge in [0.1, 0.15) is 5.82 Å². The Bertz CT molecular complexity index is 687. The Morgan fingerprint density at radius 3 is 2.90 bits per heavy atom. The molecule has 1 heterocycles. The topological polar surface area (TPSA) is 62.7 Å². The lowest BCUT2D eigenvalue weighted by atomic mass is 10.1. The first-order valence-electron chi connectivity index (χ1n) is 6.52. The Morgan fingerprint density at radius 1 is 1.45 bits per heavy atom. The van der Waals surface area contributed by atoms with E-state index in [9.17, 15) is 4.79 Å². The molecule has 0 bridgehead atoms. The highest BCUT2D eigenvalue weighted by Crippen LogP contribution is 2.16. The van der Waals surface area contributed by atoms with E-state index in [1.807, 2.05) is 43.5 Å². The summed E-state index contributed by atoms with van der Waals surface area (Å²) < 4.78 is 2.36. The summed E-state index contributed by atoms with van der Waals surface area (Å²) in [4.78, 5) is 12.1. The summed E-state index contributed by atoms with van der Waals surface area (Å²) >= 11 is 5.11. The highest BCUT2D eigenvalue weighted by Gasteiger charge is 2.11. The molecular weight excluding hydrogens is 272 g/mol. The van der Waals surface area contributed by atoms with Crippen LogP contribution in [0.1, 0.15) is 23.9 Å². The van der Waals surface area contributed by atoms with Gasteiger partial charge in [0.05, 0.1) is 6.42 Å². The molecule has 0 unspecified atom stereocenters.